The Bertz CT molecular complexity index is 307. The number of guanidine groups is 1. The Balaban J connectivity index is 1.93. The lowest BCUT2D eigenvalue weighted by Gasteiger charge is -2.34. The molecule has 1 saturated heterocycles. The van der Waals surface area contributed by atoms with Crippen molar-refractivity contribution in [1.82, 2.24) is 10.2 Å². The van der Waals surface area contributed by atoms with Crippen molar-refractivity contribution >= 4 is 5.96 Å². The van der Waals surface area contributed by atoms with Crippen LogP contribution in [-0.2, 0) is 0 Å². The minimum atomic E-state index is 0.315. The summed E-state index contributed by atoms with van der Waals surface area (Å²) in [5.41, 5.74) is 0.315. The van der Waals surface area contributed by atoms with Gasteiger partial charge in [-0.05, 0) is 31.1 Å². The van der Waals surface area contributed by atoms with Gasteiger partial charge in [0.05, 0.1) is 0 Å². The fourth-order valence-corrected chi connectivity index (χ4v) is 2.93. The molecule has 3 nitrogen and oxygen atoms in total. The summed E-state index contributed by atoms with van der Waals surface area (Å²) < 4.78 is 0. The van der Waals surface area contributed by atoms with Crippen molar-refractivity contribution in [2.75, 3.05) is 26.2 Å². The molecule has 1 atom stereocenters. The third-order valence-corrected chi connectivity index (χ3v) is 4.40. The second-order valence-corrected chi connectivity index (χ2v) is 7.08. The lowest BCUT2D eigenvalue weighted by atomic mass is 9.89. The van der Waals surface area contributed by atoms with Crippen LogP contribution >= 0.6 is 0 Å². The zero-order valence-electron chi connectivity index (χ0n) is 12.5. The molecule has 1 N–H and O–H groups in total. The molecule has 1 unspecified atom stereocenters. The molecule has 0 aromatic carbocycles. The van der Waals surface area contributed by atoms with E-state index < -0.39 is 0 Å². The highest BCUT2D eigenvalue weighted by Gasteiger charge is 2.26. The summed E-state index contributed by atoms with van der Waals surface area (Å²) in [7, 11) is 0. The second-order valence-electron chi connectivity index (χ2n) is 7.08. The van der Waals surface area contributed by atoms with Crippen molar-refractivity contribution in [2.24, 2.45) is 22.2 Å². The number of rotatable bonds is 1. The summed E-state index contributed by atoms with van der Waals surface area (Å²) in [4.78, 5) is 7.22. The van der Waals surface area contributed by atoms with Crippen LogP contribution in [0.3, 0.4) is 0 Å². The van der Waals surface area contributed by atoms with Crippen molar-refractivity contribution in [2.45, 2.75) is 47.0 Å². The Labute approximate surface area is 112 Å². The maximum absolute atomic E-state index is 4.75. The van der Waals surface area contributed by atoms with Crippen molar-refractivity contribution in [3.63, 3.8) is 0 Å². The molecular weight excluding hydrogens is 222 g/mol. The van der Waals surface area contributed by atoms with E-state index >= 15 is 0 Å². The molecule has 2 aliphatic rings. The predicted octanol–water partition coefficient (Wildman–Crippen LogP) is 2.73. The van der Waals surface area contributed by atoms with E-state index in [9.17, 15) is 0 Å². The van der Waals surface area contributed by atoms with Gasteiger partial charge >= 0.3 is 0 Å². The van der Waals surface area contributed by atoms with E-state index in [4.69, 9.17) is 4.99 Å². The van der Waals surface area contributed by atoms with Crippen LogP contribution in [0.15, 0.2) is 4.99 Å². The normalized spacial score (nSPS) is 28.6. The highest BCUT2D eigenvalue weighted by molar-refractivity contribution is 5.80. The monoisotopic (exact) mass is 251 g/mol. The van der Waals surface area contributed by atoms with E-state index in [0.29, 0.717) is 5.41 Å². The van der Waals surface area contributed by atoms with E-state index in [1.165, 1.54) is 32.4 Å². The van der Waals surface area contributed by atoms with E-state index in [1.807, 2.05) is 0 Å². The molecule has 2 aliphatic heterocycles. The van der Waals surface area contributed by atoms with Crippen LogP contribution in [0.5, 0.6) is 0 Å². The fourth-order valence-electron chi connectivity index (χ4n) is 2.93. The van der Waals surface area contributed by atoms with Crippen molar-refractivity contribution < 1.29 is 0 Å². The second kappa shape index (κ2) is 5.50. The summed E-state index contributed by atoms with van der Waals surface area (Å²) in [6, 6.07) is 0. The molecule has 2 heterocycles. The molecule has 2 rings (SSSR count). The molecule has 0 bridgehead atoms. The van der Waals surface area contributed by atoms with E-state index in [-0.39, 0.29) is 0 Å². The largest absolute Gasteiger partial charge is 0.356 e. The molecule has 0 amide bonds. The summed E-state index contributed by atoms with van der Waals surface area (Å²) >= 11 is 0. The summed E-state index contributed by atoms with van der Waals surface area (Å²) in [6.07, 6.45) is 4.02. The first-order valence-electron chi connectivity index (χ1n) is 7.51. The topological polar surface area (TPSA) is 27.6 Å². The van der Waals surface area contributed by atoms with Crippen LogP contribution < -0.4 is 5.32 Å². The lowest BCUT2D eigenvalue weighted by molar-refractivity contribution is 0.317. The number of hydrogen-bond donors (Lipinski definition) is 1. The predicted molar refractivity (Wildman–Crippen MR) is 77.8 cm³/mol. The number of hydrogen-bond acceptors (Lipinski definition) is 3. The van der Waals surface area contributed by atoms with Crippen molar-refractivity contribution in [3.05, 3.63) is 0 Å². The summed E-state index contributed by atoms with van der Waals surface area (Å²) in [5, 5.41) is 3.53. The molecular formula is C15H29N3. The third kappa shape index (κ3) is 3.39. The van der Waals surface area contributed by atoms with Gasteiger partial charge in [0, 0.05) is 31.6 Å². The SMILES string of the molecule is CC(C)C1CCCN(C2=NCC(C)(C)CN2)CC1. The first-order chi connectivity index (χ1) is 8.48. The Morgan fingerprint density at radius 2 is 2.06 bits per heavy atom. The van der Waals surface area contributed by atoms with Gasteiger partial charge in [-0.1, -0.05) is 27.7 Å². The zero-order valence-corrected chi connectivity index (χ0v) is 12.5. The van der Waals surface area contributed by atoms with Crippen LogP contribution in [-0.4, -0.2) is 37.0 Å². The molecule has 18 heavy (non-hydrogen) atoms. The standard InChI is InChI=1S/C15H29N3/c1-12(2)13-6-5-8-18(9-7-13)14-16-10-15(3,4)11-17-14/h12-13H,5-11H2,1-4H3,(H,16,17). The smallest absolute Gasteiger partial charge is 0.193 e. The Morgan fingerprint density at radius 1 is 1.28 bits per heavy atom. The van der Waals surface area contributed by atoms with E-state index in [2.05, 4.69) is 37.9 Å². The zero-order chi connectivity index (χ0) is 13.2. The maximum Gasteiger partial charge on any atom is 0.193 e. The van der Waals surface area contributed by atoms with Gasteiger partial charge in [-0.2, -0.15) is 0 Å². The molecule has 0 radical (unpaired) electrons. The quantitative estimate of drug-likeness (QED) is 0.776. The number of nitrogens with one attached hydrogen (secondary N) is 1. The van der Waals surface area contributed by atoms with Crippen LogP contribution in [0.4, 0.5) is 0 Å². The van der Waals surface area contributed by atoms with Gasteiger partial charge in [0.15, 0.2) is 5.96 Å². The van der Waals surface area contributed by atoms with Crippen molar-refractivity contribution in [3.8, 4) is 0 Å². The molecule has 0 spiro atoms. The number of nitrogens with zero attached hydrogens (tertiary/aromatic N) is 2. The molecule has 0 saturated carbocycles. The summed E-state index contributed by atoms with van der Waals surface area (Å²) in [6.45, 7) is 13.6. The van der Waals surface area contributed by atoms with Gasteiger partial charge in [-0.25, -0.2) is 0 Å². The lowest BCUT2D eigenvalue weighted by Crippen LogP contribution is -2.49. The molecule has 0 aromatic heterocycles. The van der Waals surface area contributed by atoms with Crippen LogP contribution in [0.25, 0.3) is 0 Å². The van der Waals surface area contributed by atoms with Crippen LogP contribution in [0.1, 0.15) is 47.0 Å². The van der Waals surface area contributed by atoms with Crippen molar-refractivity contribution in [1.29, 1.82) is 0 Å². The maximum atomic E-state index is 4.75. The molecule has 3 heteroatoms. The minimum Gasteiger partial charge on any atom is -0.356 e. The van der Waals surface area contributed by atoms with Gasteiger partial charge in [0.1, 0.15) is 0 Å². The van der Waals surface area contributed by atoms with Gasteiger partial charge in [-0.15, -0.1) is 0 Å². The molecule has 1 fully saturated rings. The average Bonchev–Trinajstić information content (AvgIpc) is 2.54. The van der Waals surface area contributed by atoms with Gasteiger partial charge in [0.25, 0.3) is 0 Å². The highest BCUT2D eigenvalue weighted by atomic mass is 15.3. The van der Waals surface area contributed by atoms with Gasteiger partial charge < -0.3 is 10.2 Å². The highest BCUT2D eigenvalue weighted by Crippen LogP contribution is 2.25. The molecule has 104 valence electrons. The fraction of sp³-hybridized carbons (Fsp3) is 0.933. The first kappa shape index (κ1) is 13.7. The van der Waals surface area contributed by atoms with Gasteiger partial charge in [0.2, 0.25) is 0 Å². The molecule has 0 aliphatic carbocycles. The number of likely N-dealkylation sites (tertiary alicyclic amines) is 1. The van der Waals surface area contributed by atoms with Gasteiger partial charge in [-0.3, -0.25) is 4.99 Å². The Hall–Kier alpha value is -0.730. The van der Waals surface area contributed by atoms with E-state index in [0.717, 1.165) is 30.9 Å². The number of aliphatic imine (C=N–C) groups is 1. The Kier molecular flexibility index (Phi) is 4.18. The van der Waals surface area contributed by atoms with Crippen LogP contribution in [0.2, 0.25) is 0 Å². The minimum absolute atomic E-state index is 0.315. The average molecular weight is 251 g/mol. The Morgan fingerprint density at radius 3 is 2.67 bits per heavy atom. The van der Waals surface area contributed by atoms with E-state index in [1.54, 1.807) is 0 Å². The first-order valence-corrected chi connectivity index (χ1v) is 7.51. The summed E-state index contributed by atoms with van der Waals surface area (Å²) in [5.74, 6) is 2.87. The third-order valence-electron chi connectivity index (χ3n) is 4.40. The molecule has 0 aromatic rings. The van der Waals surface area contributed by atoms with Crippen LogP contribution in [0, 0.1) is 17.3 Å².